The highest BCUT2D eigenvalue weighted by molar-refractivity contribution is 9.10. The number of benzene rings is 1. The fourth-order valence-electron chi connectivity index (χ4n) is 2.63. The average molecular weight is 312 g/mol. The van der Waals surface area contributed by atoms with Crippen molar-refractivity contribution in [3.63, 3.8) is 0 Å². The van der Waals surface area contributed by atoms with Crippen LogP contribution in [0.1, 0.15) is 19.4 Å². The summed E-state index contributed by atoms with van der Waals surface area (Å²) in [6, 6.07) is 6.91. The normalized spacial score (nSPS) is 22.3. The SMILES string of the molecule is CCN1CCN(Cc2ccc(Br)c(N)c2)CC1C. The third kappa shape index (κ3) is 3.25. The summed E-state index contributed by atoms with van der Waals surface area (Å²) >= 11 is 3.44. The molecule has 0 radical (unpaired) electrons. The summed E-state index contributed by atoms with van der Waals surface area (Å²) in [6.45, 7) is 10.2. The van der Waals surface area contributed by atoms with E-state index < -0.39 is 0 Å². The van der Waals surface area contributed by atoms with Gasteiger partial charge in [0, 0.05) is 42.4 Å². The smallest absolute Gasteiger partial charge is 0.0461 e. The Hall–Kier alpha value is -0.580. The first-order valence-electron chi connectivity index (χ1n) is 6.60. The molecule has 18 heavy (non-hydrogen) atoms. The number of hydrogen-bond acceptors (Lipinski definition) is 3. The van der Waals surface area contributed by atoms with E-state index in [4.69, 9.17) is 5.73 Å². The second-order valence-electron chi connectivity index (χ2n) is 5.07. The van der Waals surface area contributed by atoms with Crippen molar-refractivity contribution >= 4 is 21.6 Å². The second kappa shape index (κ2) is 6.04. The van der Waals surface area contributed by atoms with Crippen LogP contribution in [0.2, 0.25) is 0 Å². The fourth-order valence-corrected chi connectivity index (χ4v) is 2.88. The zero-order valence-corrected chi connectivity index (χ0v) is 12.8. The Bertz CT molecular complexity index is 408. The van der Waals surface area contributed by atoms with Gasteiger partial charge in [0.2, 0.25) is 0 Å². The van der Waals surface area contributed by atoms with Gasteiger partial charge in [-0.25, -0.2) is 0 Å². The number of hydrogen-bond donors (Lipinski definition) is 1. The van der Waals surface area contributed by atoms with Gasteiger partial charge in [-0.2, -0.15) is 0 Å². The summed E-state index contributed by atoms with van der Waals surface area (Å²) in [4.78, 5) is 5.05. The second-order valence-corrected chi connectivity index (χ2v) is 5.92. The predicted octanol–water partition coefficient (Wildman–Crippen LogP) is 2.56. The molecular formula is C14H22BrN3. The van der Waals surface area contributed by atoms with Crippen molar-refractivity contribution in [3.8, 4) is 0 Å². The molecule has 1 saturated heterocycles. The van der Waals surface area contributed by atoms with Crippen LogP contribution in [0.15, 0.2) is 22.7 Å². The van der Waals surface area contributed by atoms with Gasteiger partial charge in [0.25, 0.3) is 0 Å². The average Bonchev–Trinajstić information content (AvgIpc) is 2.34. The van der Waals surface area contributed by atoms with Crippen molar-refractivity contribution in [2.24, 2.45) is 0 Å². The highest BCUT2D eigenvalue weighted by Gasteiger charge is 2.22. The summed E-state index contributed by atoms with van der Waals surface area (Å²) < 4.78 is 0.982. The lowest BCUT2D eigenvalue weighted by molar-refractivity contribution is 0.0834. The first kappa shape index (κ1) is 13.8. The molecule has 0 amide bonds. The lowest BCUT2D eigenvalue weighted by atomic mass is 10.1. The van der Waals surface area contributed by atoms with Crippen LogP contribution < -0.4 is 5.73 Å². The maximum atomic E-state index is 5.92. The Morgan fingerprint density at radius 1 is 1.39 bits per heavy atom. The van der Waals surface area contributed by atoms with Gasteiger partial charge in [-0.05, 0) is 47.1 Å². The van der Waals surface area contributed by atoms with Crippen molar-refractivity contribution < 1.29 is 0 Å². The summed E-state index contributed by atoms with van der Waals surface area (Å²) in [5.74, 6) is 0. The molecule has 1 aromatic rings. The maximum absolute atomic E-state index is 5.92. The van der Waals surface area contributed by atoms with Gasteiger partial charge in [-0.15, -0.1) is 0 Å². The van der Waals surface area contributed by atoms with Gasteiger partial charge in [-0.1, -0.05) is 13.0 Å². The van der Waals surface area contributed by atoms with Crippen molar-refractivity contribution in [1.82, 2.24) is 9.80 Å². The third-order valence-corrected chi connectivity index (χ3v) is 4.44. The standard InChI is InChI=1S/C14H22BrN3/c1-3-18-7-6-17(9-11(18)2)10-12-4-5-13(15)14(16)8-12/h4-5,8,11H,3,6-7,9-10,16H2,1-2H3. The van der Waals surface area contributed by atoms with E-state index in [1.165, 1.54) is 12.1 Å². The molecule has 2 rings (SSSR count). The molecule has 1 fully saturated rings. The monoisotopic (exact) mass is 311 g/mol. The number of anilines is 1. The number of halogens is 1. The Kier molecular flexibility index (Phi) is 4.65. The van der Waals surface area contributed by atoms with E-state index in [-0.39, 0.29) is 0 Å². The Labute approximate surface area is 118 Å². The molecule has 100 valence electrons. The highest BCUT2D eigenvalue weighted by atomic mass is 79.9. The fraction of sp³-hybridized carbons (Fsp3) is 0.571. The van der Waals surface area contributed by atoms with E-state index >= 15 is 0 Å². The summed E-state index contributed by atoms with van der Waals surface area (Å²) in [5.41, 5.74) is 8.05. The first-order valence-corrected chi connectivity index (χ1v) is 7.39. The molecule has 1 aliphatic rings. The van der Waals surface area contributed by atoms with Crippen molar-refractivity contribution in [3.05, 3.63) is 28.2 Å². The van der Waals surface area contributed by atoms with Gasteiger partial charge in [0.15, 0.2) is 0 Å². The summed E-state index contributed by atoms with van der Waals surface area (Å²) in [7, 11) is 0. The third-order valence-electron chi connectivity index (χ3n) is 3.72. The molecule has 0 spiro atoms. The molecule has 1 aliphatic heterocycles. The summed E-state index contributed by atoms with van der Waals surface area (Å²) in [6.07, 6.45) is 0. The van der Waals surface area contributed by atoms with Gasteiger partial charge < -0.3 is 5.73 Å². The van der Waals surface area contributed by atoms with E-state index in [0.717, 1.165) is 36.3 Å². The minimum atomic E-state index is 0.650. The zero-order valence-electron chi connectivity index (χ0n) is 11.2. The van der Waals surface area contributed by atoms with Crippen molar-refractivity contribution in [2.75, 3.05) is 31.9 Å². The van der Waals surface area contributed by atoms with Crippen LogP contribution in [0, 0.1) is 0 Å². The molecule has 0 aliphatic carbocycles. The minimum absolute atomic E-state index is 0.650. The predicted molar refractivity (Wildman–Crippen MR) is 80.5 cm³/mol. The molecule has 1 heterocycles. The van der Waals surface area contributed by atoms with Crippen LogP contribution in [-0.2, 0) is 6.54 Å². The Balaban J connectivity index is 1.96. The quantitative estimate of drug-likeness (QED) is 0.871. The van der Waals surface area contributed by atoms with Crippen molar-refractivity contribution in [1.29, 1.82) is 0 Å². The van der Waals surface area contributed by atoms with Crippen LogP contribution in [0.25, 0.3) is 0 Å². The van der Waals surface area contributed by atoms with Crippen LogP contribution in [-0.4, -0.2) is 42.0 Å². The molecule has 0 bridgehead atoms. The highest BCUT2D eigenvalue weighted by Crippen LogP contribution is 2.21. The van der Waals surface area contributed by atoms with E-state index in [0.29, 0.717) is 6.04 Å². The van der Waals surface area contributed by atoms with E-state index in [1.54, 1.807) is 0 Å². The Morgan fingerprint density at radius 3 is 2.78 bits per heavy atom. The van der Waals surface area contributed by atoms with Gasteiger partial charge in [0.05, 0.1) is 0 Å². The number of nitrogen functional groups attached to an aromatic ring is 1. The van der Waals surface area contributed by atoms with Crippen LogP contribution >= 0.6 is 15.9 Å². The van der Waals surface area contributed by atoms with Crippen LogP contribution in [0.3, 0.4) is 0 Å². The molecule has 1 atom stereocenters. The van der Waals surface area contributed by atoms with Gasteiger partial charge in [-0.3, -0.25) is 9.80 Å². The molecular weight excluding hydrogens is 290 g/mol. The Morgan fingerprint density at radius 2 is 2.17 bits per heavy atom. The minimum Gasteiger partial charge on any atom is -0.398 e. The topological polar surface area (TPSA) is 32.5 Å². The molecule has 0 saturated carbocycles. The number of likely N-dealkylation sites (N-methyl/N-ethyl adjacent to an activating group) is 1. The van der Waals surface area contributed by atoms with Gasteiger partial charge >= 0.3 is 0 Å². The lowest BCUT2D eigenvalue weighted by Gasteiger charge is -2.39. The van der Waals surface area contributed by atoms with E-state index in [2.05, 4.69) is 51.7 Å². The maximum Gasteiger partial charge on any atom is 0.0461 e. The number of nitrogens with two attached hydrogens (primary N) is 1. The van der Waals surface area contributed by atoms with E-state index in [1.807, 2.05) is 6.07 Å². The van der Waals surface area contributed by atoms with Crippen LogP contribution in [0.4, 0.5) is 5.69 Å². The summed E-state index contributed by atoms with van der Waals surface area (Å²) in [5, 5.41) is 0. The number of piperazine rings is 1. The molecule has 1 aromatic carbocycles. The van der Waals surface area contributed by atoms with E-state index in [9.17, 15) is 0 Å². The molecule has 3 nitrogen and oxygen atoms in total. The van der Waals surface area contributed by atoms with Gasteiger partial charge in [0.1, 0.15) is 0 Å². The van der Waals surface area contributed by atoms with Crippen molar-refractivity contribution in [2.45, 2.75) is 26.4 Å². The molecule has 4 heteroatoms. The lowest BCUT2D eigenvalue weighted by Crippen LogP contribution is -2.51. The number of rotatable bonds is 3. The zero-order chi connectivity index (χ0) is 13.1. The largest absolute Gasteiger partial charge is 0.398 e. The first-order chi connectivity index (χ1) is 8.60. The molecule has 1 unspecified atom stereocenters. The molecule has 0 aromatic heterocycles. The number of nitrogens with zero attached hydrogens (tertiary/aromatic N) is 2. The molecule has 2 N–H and O–H groups in total. The van der Waals surface area contributed by atoms with Crippen LogP contribution in [0.5, 0.6) is 0 Å².